The minimum atomic E-state index is -0.301. The predicted molar refractivity (Wildman–Crippen MR) is 102 cm³/mol. The second-order valence-corrected chi connectivity index (χ2v) is 7.80. The van der Waals surface area contributed by atoms with Gasteiger partial charge in [-0.2, -0.15) is 0 Å². The maximum atomic E-state index is 13.2. The average molecular weight is 385 g/mol. The quantitative estimate of drug-likeness (QED) is 0.741. The Morgan fingerprint density at radius 1 is 1.22 bits per heavy atom. The molecular formula is C19H20FN5OS. The van der Waals surface area contributed by atoms with Crippen LogP contribution in [0.15, 0.2) is 24.3 Å². The van der Waals surface area contributed by atoms with Crippen molar-refractivity contribution in [3.8, 4) is 16.4 Å². The highest BCUT2D eigenvalue weighted by Gasteiger charge is 2.23. The molecule has 8 heteroatoms. The van der Waals surface area contributed by atoms with Gasteiger partial charge in [-0.15, -0.1) is 16.4 Å². The molecule has 0 bridgehead atoms. The zero-order valence-corrected chi connectivity index (χ0v) is 16.0. The second kappa shape index (κ2) is 7.19. The monoisotopic (exact) mass is 385 g/mol. The summed E-state index contributed by atoms with van der Waals surface area (Å²) in [4.78, 5) is 17.8. The summed E-state index contributed by atoms with van der Waals surface area (Å²) >= 11 is 1.33. The number of amides is 1. The Morgan fingerprint density at radius 3 is 2.63 bits per heavy atom. The third-order valence-corrected chi connectivity index (χ3v) is 6.02. The molecule has 1 aromatic carbocycles. The highest BCUT2D eigenvalue weighted by Crippen LogP contribution is 2.30. The van der Waals surface area contributed by atoms with E-state index in [1.54, 1.807) is 16.8 Å². The van der Waals surface area contributed by atoms with Crippen LogP contribution in [0.4, 0.5) is 4.39 Å². The van der Waals surface area contributed by atoms with E-state index in [1.165, 1.54) is 36.3 Å². The number of carbonyl (C=O) groups is 1. The zero-order chi connectivity index (χ0) is 19.0. The smallest absolute Gasteiger partial charge is 0.263 e. The largest absolute Gasteiger partial charge is 0.349 e. The van der Waals surface area contributed by atoms with E-state index in [-0.39, 0.29) is 17.8 Å². The molecule has 1 fully saturated rings. The topological polar surface area (TPSA) is 72.7 Å². The summed E-state index contributed by atoms with van der Waals surface area (Å²) in [6, 6.07) is 6.33. The number of hydrogen-bond acceptors (Lipinski definition) is 5. The fourth-order valence-electron chi connectivity index (χ4n) is 3.38. The Hall–Kier alpha value is -2.61. The SMILES string of the molecule is Cc1nc(-c2nnn(-c3ccc(F)cc3)c2C)sc1C(=O)NC1CCCC1. The number of rotatable bonds is 4. The van der Waals surface area contributed by atoms with Gasteiger partial charge in [0, 0.05) is 6.04 Å². The molecule has 6 nitrogen and oxygen atoms in total. The molecule has 1 aliphatic carbocycles. The molecule has 1 N–H and O–H groups in total. The Morgan fingerprint density at radius 2 is 1.93 bits per heavy atom. The van der Waals surface area contributed by atoms with Gasteiger partial charge in [0.25, 0.3) is 5.91 Å². The Bertz CT molecular complexity index is 973. The highest BCUT2D eigenvalue weighted by atomic mass is 32.1. The van der Waals surface area contributed by atoms with Crippen molar-refractivity contribution in [3.63, 3.8) is 0 Å². The number of aryl methyl sites for hydroxylation is 1. The molecule has 0 aliphatic heterocycles. The number of nitrogens with one attached hydrogen (secondary N) is 1. The van der Waals surface area contributed by atoms with Gasteiger partial charge in [0.05, 0.1) is 17.1 Å². The fourth-order valence-corrected chi connectivity index (χ4v) is 4.39. The molecule has 0 radical (unpaired) electrons. The van der Waals surface area contributed by atoms with Crippen molar-refractivity contribution in [2.45, 2.75) is 45.6 Å². The van der Waals surface area contributed by atoms with E-state index in [2.05, 4.69) is 20.6 Å². The minimum absolute atomic E-state index is 0.0632. The van der Waals surface area contributed by atoms with E-state index >= 15 is 0 Å². The molecule has 27 heavy (non-hydrogen) atoms. The van der Waals surface area contributed by atoms with Crippen LogP contribution in [0.2, 0.25) is 0 Å². The summed E-state index contributed by atoms with van der Waals surface area (Å²) < 4.78 is 14.8. The number of hydrogen-bond donors (Lipinski definition) is 1. The molecule has 3 aromatic rings. The van der Waals surface area contributed by atoms with E-state index in [9.17, 15) is 9.18 Å². The van der Waals surface area contributed by atoms with Gasteiger partial charge in [0.2, 0.25) is 0 Å². The van der Waals surface area contributed by atoms with Crippen LogP contribution in [0.5, 0.6) is 0 Å². The number of thiazole rings is 1. The fraction of sp³-hybridized carbons (Fsp3) is 0.368. The van der Waals surface area contributed by atoms with Crippen LogP contribution in [0.1, 0.15) is 46.7 Å². The van der Waals surface area contributed by atoms with Gasteiger partial charge in [-0.05, 0) is 51.0 Å². The molecule has 0 spiro atoms. The zero-order valence-electron chi connectivity index (χ0n) is 15.2. The van der Waals surface area contributed by atoms with Crippen LogP contribution >= 0.6 is 11.3 Å². The first-order valence-electron chi connectivity index (χ1n) is 9.00. The maximum Gasteiger partial charge on any atom is 0.263 e. The number of nitrogens with zero attached hydrogens (tertiary/aromatic N) is 4. The van der Waals surface area contributed by atoms with Crippen LogP contribution < -0.4 is 5.32 Å². The van der Waals surface area contributed by atoms with Gasteiger partial charge in [-0.1, -0.05) is 18.1 Å². The molecule has 2 heterocycles. The van der Waals surface area contributed by atoms with E-state index in [0.717, 1.165) is 24.2 Å². The first kappa shape index (κ1) is 17.8. The minimum Gasteiger partial charge on any atom is -0.349 e. The highest BCUT2D eigenvalue weighted by molar-refractivity contribution is 7.17. The number of halogens is 1. The van der Waals surface area contributed by atoms with Crippen LogP contribution in [-0.2, 0) is 0 Å². The number of benzene rings is 1. The Labute approximate surface area is 160 Å². The molecular weight excluding hydrogens is 365 g/mol. The number of aromatic nitrogens is 4. The van der Waals surface area contributed by atoms with Gasteiger partial charge in [0.1, 0.15) is 21.4 Å². The third kappa shape index (κ3) is 3.49. The normalized spacial score (nSPS) is 14.6. The van der Waals surface area contributed by atoms with Crippen LogP contribution in [0, 0.1) is 19.7 Å². The predicted octanol–water partition coefficient (Wildman–Crippen LogP) is 3.82. The van der Waals surface area contributed by atoms with Crippen molar-refractivity contribution >= 4 is 17.2 Å². The van der Waals surface area contributed by atoms with Crippen molar-refractivity contribution in [1.82, 2.24) is 25.3 Å². The van der Waals surface area contributed by atoms with Gasteiger partial charge in [-0.3, -0.25) is 4.79 Å². The molecule has 1 aliphatic rings. The number of carbonyl (C=O) groups excluding carboxylic acids is 1. The van der Waals surface area contributed by atoms with Crippen LogP contribution in [-0.4, -0.2) is 31.9 Å². The van der Waals surface area contributed by atoms with Crippen molar-refractivity contribution in [2.75, 3.05) is 0 Å². The van der Waals surface area contributed by atoms with Gasteiger partial charge in [0.15, 0.2) is 0 Å². The first-order valence-corrected chi connectivity index (χ1v) is 9.81. The summed E-state index contributed by atoms with van der Waals surface area (Å²) in [5.41, 5.74) is 2.84. The standard InChI is InChI=1S/C19H20FN5OS/c1-11-17(18(26)22-14-5-3-4-6-14)27-19(21-11)16-12(2)25(24-23-16)15-9-7-13(20)8-10-15/h7-10,14H,3-6H2,1-2H3,(H,22,26). The molecule has 2 aromatic heterocycles. The molecule has 140 valence electrons. The summed E-state index contributed by atoms with van der Waals surface area (Å²) in [7, 11) is 0. The maximum absolute atomic E-state index is 13.2. The summed E-state index contributed by atoms with van der Waals surface area (Å²) in [6.07, 6.45) is 4.43. The molecule has 0 atom stereocenters. The molecule has 0 unspecified atom stereocenters. The third-order valence-electron chi connectivity index (χ3n) is 4.86. The summed E-state index contributed by atoms with van der Waals surface area (Å²) in [5.74, 6) is -0.364. The van der Waals surface area contributed by atoms with E-state index in [0.29, 0.717) is 21.3 Å². The van der Waals surface area contributed by atoms with Crippen molar-refractivity contribution in [1.29, 1.82) is 0 Å². The lowest BCUT2D eigenvalue weighted by molar-refractivity contribution is 0.0941. The van der Waals surface area contributed by atoms with Crippen molar-refractivity contribution in [3.05, 3.63) is 46.3 Å². The second-order valence-electron chi connectivity index (χ2n) is 6.80. The lowest BCUT2D eigenvalue weighted by Gasteiger charge is -2.10. The first-order chi connectivity index (χ1) is 13.0. The summed E-state index contributed by atoms with van der Waals surface area (Å²) in [6.45, 7) is 3.72. The van der Waals surface area contributed by atoms with Gasteiger partial charge >= 0.3 is 0 Å². The Balaban J connectivity index is 1.61. The van der Waals surface area contributed by atoms with Crippen LogP contribution in [0.3, 0.4) is 0 Å². The van der Waals surface area contributed by atoms with E-state index in [1.807, 2.05) is 13.8 Å². The van der Waals surface area contributed by atoms with E-state index < -0.39 is 0 Å². The van der Waals surface area contributed by atoms with Crippen LogP contribution in [0.25, 0.3) is 16.4 Å². The average Bonchev–Trinajstić information content (AvgIpc) is 3.36. The van der Waals surface area contributed by atoms with Crippen molar-refractivity contribution in [2.24, 2.45) is 0 Å². The molecule has 1 saturated carbocycles. The lowest BCUT2D eigenvalue weighted by Crippen LogP contribution is -2.32. The molecule has 0 saturated heterocycles. The van der Waals surface area contributed by atoms with Gasteiger partial charge in [-0.25, -0.2) is 14.1 Å². The summed E-state index contributed by atoms with van der Waals surface area (Å²) in [5, 5.41) is 12.2. The lowest BCUT2D eigenvalue weighted by atomic mass is 10.2. The van der Waals surface area contributed by atoms with Crippen molar-refractivity contribution < 1.29 is 9.18 Å². The Kier molecular flexibility index (Phi) is 4.73. The molecule has 4 rings (SSSR count). The molecule has 1 amide bonds. The van der Waals surface area contributed by atoms with E-state index in [4.69, 9.17) is 0 Å². The van der Waals surface area contributed by atoms with Gasteiger partial charge < -0.3 is 5.32 Å².